The van der Waals surface area contributed by atoms with Gasteiger partial charge in [0.1, 0.15) is 18.1 Å². The summed E-state index contributed by atoms with van der Waals surface area (Å²) in [4.78, 5) is 58.3. The Kier molecular flexibility index (Phi) is 8.76. The Hall–Kier alpha value is -2.95. The smallest absolute Gasteiger partial charge is 0.326 e. The van der Waals surface area contributed by atoms with Crippen molar-refractivity contribution in [1.29, 1.82) is 0 Å². The zero-order valence-electron chi connectivity index (χ0n) is 19.0. The summed E-state index contributed by atoms with van der Waals surface area (Å²) in [6.07, 6.45) is 4.48. The molecule has 1 aliphatic heterocycles. The van der Waals surface area contributed by atoms with Crippen molar-refractivity contribution in [2.24, 2.45) is 17.6 Å². The molecule has 11 heteroatoms. The average Bonchev–Trinajstić information content (AvgIpc) is 3.40. The standard InChI is InChI=1S/C21H34N6O5/c1-11(2)16(19(29)26-17(12(3)4)21(31)32)25-18(28)15-6-5-7-27(15)20(30)14(22)8-13-9-23-10-24-13/h9-12,14-17H,5-8,22H2,1-4H3,(H,23,24)(H,25,28)(H,26,29)(H,31,32). The maximum absolute atomic E-state index is 13.0. The third-order valence-corrected chi connectivity index (χ3v) is 5.63. The molecule has 0 saturated carbocycles. The third kappa shape index (κ3) is 6.28. The van der Waals surface area contributed by atoms with Crippen molar-refractivity contribution >= 4 is 23.7 Å². The Labute approximate surface area is 187 Å². The number of amides is 3. The van der Waals surface area contributed by atoms with Crippen molar-refractivity contribution in [3.63, 3.8) is 0 Å². The van der Waals surface area contributed by atoms with Crippen LogP contribution in [0.5, 0.6) is 0 Å². The number of nitrogens with one attached hydrogen (secondary N) is 3. The van der Waals surface area contributed by atoms with Gasteiger partial charge in [0, 0.05) is 24.9 Å². The van der Waals surface area contributed by atoms with Crippen LogP contribution in [0, 0.1) is 11.8 Å². The van der Waals surface area contributed by atoms with Crippen LogP contribution >= 0.6 is 0 Å². The number of H-pyrrole nitrogens is 1. The van der Waals surface area contributed by atoms with Crippen LogP contribution in [0.15, 0.2) is 12.5 Å². The molecule has 0 radical (unpaired) electrons. The number of hydrogen-bond acceptors (Lipinski definition) is 6. The van der Waals surface area contributed by atoms with Crippen molar-refractivity contribution in [1.82, 2.24) is 25.5 Å². The largest absolute Gasteiger partial charge is 0.480 e. The van der Waals surface area contributed by atoms with Gasteiger partial charge in [-0.15, -0.1) is 0 Å². The number of aromatic nitrogens is 2. The SMILES string of the molecule is CC(C)C(NC(=O)C(NC(=O)C1CCCN1C(=O)C(N)Cc1cnc[nH]1)C(C)C)C(=O)O. The van der Waals surface area contributed by atoms with Gasteiger partial charge in [0.05, 0.1) is 12.4 Å². The van der Waals surface area contributed by atoms with E-state index in [0.717, 1.165) is 5.69 Å². The molecule has 0 aromatic carbocycles. The number of nitrogens with zero attached hydrogens (tertiary/aromatic N) is 2. The molecular formula is C21H34N6O5. The molecule has 3 amide bonds. The maximum Gasteiger partial charge on any atom is 0.326 e. The van der Waals surface area contributed by atoms with Crippen LogP contribution in [0.2, 0.25) is 0 Å². The lowest BCUT2D eigenvalue weighted by atomic mass is 9.99. The number of carbonyl (C=O) groups is 4. The van der Waals surface area contributed by atoms with Crippen molar-refractivity contribution in [2.75, 3.05) is 6.54 Å². The lowest BCUT2D eigenvalue weighted by molar-refractivity contribution is -0.144. The zero-order valence-corrected chi connectivity index (χ0v) is 19.0. The first-order chi connectivity index (χ1) is 15.0. The highest BCUT2D eigenvalue weighted by molar-refractivity contribution is 5.94. The van der Waals surface area contributed by atoms with Crippen LogP contribution in [-0.2, 0) is 25.6 Å². The Bertz CT molecular complexity index is 810. The molecule has 0 spiro atoms. The summed E-state index contributed by atoms with van der Waals surface area (Å²) >= 11 is 0. The fourth-order valence-electron chi connectivity index (χ4n) is 3.78. The minimum Gasteiger partial charge on any atom is -0.480 e. The van der Waals surface area contributed by atoms with Crippen molar-refractivity contribution in [3.8, 4) is 0 Å². The Morgan fingerprint density at radius 1 is 1.19 bits per heavy atom. The molecule has 1 aliphatic rings. The molecule has 0 bridgehead atoms. The van der Waals surface area contributed by atoms with E-state index in [4.69, 9.17) is 5.73 Å². The molecule has 2 rings (SSSR count). The normalized spacial score (nSPS) is 19.0. The summed E-state index contributed by atoms with van der Waals surface area (Å²) in [5, 5.41) is 14.6. The summed E-state index contributed by atoms with van der Waals surface area (Å²) < 4.78 is 0. The Morgan fingerprint density at radius 2 is 1.84 bits per heavy atom. The molecule has 178 valence electrons. The van der Waals surface area contributed by atoms with Crippen molar-refractivity contribution in [2.45, 2.75) is 71.1 Å². The minimum absolute atomic E-state index is 0.270. The molecule has 11 nitrogen and oxygen atoms in total. The first-order valence-electron chi connectivity index (χ1n) is 10.9. The lowest BCUT2D eigenvalue weighted by Gasteiger charge is -2.30. The van der Waals surface area contributed by atoms with E-state index >= 15 is 0 Å². The molecule has 4 unspecified atom stereocenters. The fourth-order valence-corrected chi connectivity index (χ4v) is 3.78. The van der Waals surface area contributed by atoms with E-state index in [1.54, 1.807) is 33.9 Å². The van der Waals surface area contributed by atoms with E-state index in [-0.39, 0.29) is 24.2 Å². The quantitative estimate of drug-likeness (QED) is 0.324. The van der Waals surface area contributed by atoms with Crippen molar-refractivity contribution in [3.05, 3.63) is 18.2 Å². The van der Waals surface area contributed by atoms with E-state index in [1.165, 1.54) is 11.2 Å². The zero-order chi connectivity index (χ0) is 24.0. The molecule has 0 aliphatic carbocycles. The van der Waals surface area contributed by atoms with Gasteiger partial charge in [-0.2, -0.15) is 0 Å². The summed E-state index contributed by atoms with van der Waals surface area (Å²) in [6, 6.07) is -3.55. The molecule has 6 N–H and O–H groups in total. The number of nitrogens with two attached hydrogens (primary N) is 1. The molecule has 1 fully saturated rings. The number of aliphatic carboxylic acids is 1. The van der Waals surface area contributed by atoms with Crippen LogP contribution in [0.3, 0.4) is 0 Å². The number of rotatable bonds is 10. The molecule has 4 atom stereocenters. The number of carboxylic acids is 1. The number of hydrogen-bond donors (Lipinski definition) is 5. The summed E-state index contributed by atoms with van der Waals surface area (Å²) in [6.45, 7) is 7.30. The van der Waals surface area contributed by atoms with E-state index in [0.29, 0.717) is 19.4 Å². The maximum atomic E-state index is 13.0. The van der Waals surface area contributed by atoms with Crippen LogP contribution in [0.4, 0.5) is 0 Å². The van der Waals surface area contributed by atoms with Crippen molar-refractivity contribution < 1.29 is 24.3 Å². The molecule has 32 heavy (non-hydrogen) atoms. The van der Waals surface area contributed by atoms with Gasteiger partial charge in [-0.05, 0) is 24.7 Å². The van der Waals surface area contributed by atoms with E-state index in [1.807, 2.05) is 0 Å². The monoisotopic (exact) mass is 450 g/mol. The van der Waals surface area contributed by atoms with Gasteiger partial charge in [-0.25, -0.2) is 9.78 Å². The molecule has 1 aromatic rings. The van der Waals surface area contributed by atoms with Crippen LogP contribution < -0.4 is 16.4 Å². The van der Waals surface area contributed by atoms with Crippen LogP contribution in [-0.4, -0.2) is 74.4 Å². The average molecular weight is 451 g/mol. The topological polar surface area (TPSA) is 171 Å². The number of carboxylic acid groups (broad SMARTS) is 1. The molecule has 2 heterocycles. The highest BCUT2D eigenvalue weighted by Crippen LogP contribution is 2.20. The van der Waals surface area contributed by atoms with Gasteiger partial charge < -0.3 is 31.4 Å². The second kappa shape index (κ2) is 11.1. The molecule has 1 saturated heterocycles. The molecule has 1 aromatic heterocycles. The number of carbonyl (C=O) groups excluding carboxylic acids is 3. The van der Waals surface area contributed by atoms with Crippen LogP contribution in [0.25, 0.3) is 0 Å². The van der Waals surface area contributed by atoms with Gasteiger partial charge in [-0.3, -0.25) is 14.4 Å². The Balaban J connectivity index is 2.05. The predicted molar refractivity (Wildman–Crippen MR) is 116 cm³/mol. The first-order valence-corrected chi connectivity index (χ1v) is 10.9. The third-order valence-electron chi connectivity index (χ3n) is 5.63. The van der Waals surface area contributed by atoms with E-state index in [9.17, 15) is 24.3 Å². The van der Waals surface area contributed by atoms with Gasteiger partial charge in [0.15, 0.2) is 0 Å². The van der Waals surface area contributed by atoms with Gasteiger partial charge in [-0.1, -0.05) is 27.7 Å². The van der Waals surface area contributed by atoms with Gasteiger partial charge >= 0.3 is 5.97 Å². The number of imidazole rings is 1. The molecular weight excluding hydrogens is 416 g/mol. The Morgan fingerprint density at radius 3 is 2.38 bits per heavy atom. The second-order valence-corrected chi connectivity index (χ2v) is 8.88. The second-order valence-electron chi connectivity index (χ2n) is 8.88. The predicted octanol–water partition coefficient (Wildman–Crippen LogP) is -0.363. The summed E-state index contributed by atoms with van der Waals surface area (Å²) in [5.74, 6) is -3.10. The lowest BCUT2D eigenvalue weighted by Crippen LogP contribution is -2.58. The summed E-state index contributed by atoms with van der Waals surface area (Å²) in [7, 11) is 0. The van der Waals surface area contributed by atoms with Gasteiger partial charge in [0.2, 0.25) is 17.7 Å². The highest BCUT2D eigenvalue weighted by Gasteiger charge is 2.38. The first kappa shape index (κ1) is 25.3. The number of likely N-dealkylation sites (tertiary alicyclic amines) is 1. The van der Waals surface area contributed by atoms with Gasteiger partial charge in [0.25, 0.3) is 0 Å². The fraction of sp³-hybridized carbons (Fsp3) is 0.667. The number of aromatic amines is 1. The highest BCUT2D eigenvalue weighted by atomic mass is 16.4. The van der Waals surface area contributed by atoms with E-state index < -0.39 is 42.0 Å². The van der Waals surface area contributed by atoms with Crippen LogP contribution in [0.1, 0.15) is 46.2 Å². The summed E-state index contributed by atoms with van der Waals surface area (Å²) in [5.41, 5.74) is 6.79. The van der Waals surface area contributed by atoms with E-state index in [2.05, 4.69) is 20.6 Å². The minimum atomic E-state index is -1.14.